The van der Waals surface area contributed by atoms with E-state index in [1.807, 2.05) is 27.7 Å². The van der Waals surface area contributed by atoms with E-state index >= 15 is 4.39 Å². The number of primary amides is 1. The van der Waals surface area contributed by atoms with E-state index in [2.05, 4.69) is 20.2 Å². The first-order valence-corrected chi connectivity index (χ1v) is 11.6. The number of carbonyl (C=O) groups excluding carboxylic acids is 1. The summed E-state index contributed by atoms with van der Waals surface area (Å²) in [5, 5.41) is 2.19. The van der Waals surface area contributed by atoms with Gasteiger partial charge in [-0.25, -0.2) is 27.9 Å². The molecule has 10 heteroatoms. The number of hydrogen-bond acceptors (Lipinski definition) is 5. The van der Waals surface area contributed by atoms with E-state index < -0.39 is 29.1 Å². The number of rotatable bonds is 6. The molecule has 2 heterocycles. The van der Waals surface area contributed by atoms with Gasteiger partial charge in [-0.3, -0.25) is 0 Å². The summed E-state index contributed by atoms with van der Waals surface area (Å²) < 4.78 is 50.3. The van der Waals surface area contributed by atoms with Crippen LogP contribution in [0.3, 0.4) is 0 Å². The standard InChI is InChI=1S/C26H28F3N5O2/c1-5-14(2)34-13-26(3,4)36-24-18(28)10-16(11-21(24)34)23-19(29)12-31-22(33-23)9-15-6-7-20(17(27)8-15)32-25(30)35/h6-8,10-12,14H,5,9,13H2,1-4H3,(H3,30,32,35). The first-order chi connectivity index (χ1) is 17.0. The zero-order chi connectivity index (χ0) is 26.2. The van der Waals surface area contributed by atoms with Gasteiger partial charge in [-0.2, -0.15) is 0 Å². The van der Waals surface area contributed by atoms with Gasteiger partial charge in [0.1, 0.15) is 22.9 Å². The number of nitrogens with zero attached hydrogens (tertiary/aromatic N) is 3. The topological polar surface area (TPSA) is 93.4 Å². The third kappa shape index (κ3) is 5.22. The Labute approximate surface area is 207 Å². The van der Waals surface area contributed by atoms with Crippen molar-refractivity contribution in [3.05, 3.63) is 65.4 Å². The zero-order valence-electron chi connectivity index (χ0n) is 20.5. The van der Waals surface area contributed by atoms with E-state index in [-0.39, 0.29) is 41.0 Å². The lowest BCUT2D eigenvalue weighted by Gasteiger charge is -2.44. The van der Waals surface area contributed by atoms with Gasteiger partial charge in [0.15, 0.2) is 17.4 Å². The number of benzene rings is 2. The van der Waals surface area contributed by atoms with Gasteiger partial charge in [-0.1, -0.05) is 13.0 Å². The molecule has 0 spiro atoms. The van der Waals surface area contributed by atoms with Crippen molar-refractivity contribution in [1.82, 2.24) is 9.97 Å². The number of amides is 2. The van der Waals surface area contributed by atoms with Crippen LogP contribution >= 0.6 is 0 Å². The Morgan fingerprint density at radius 1 is 1.19 bits per heavy atom. The fourth-order valence-electron chi connectivity index (χ4n) is 4.22. The summed E-state index contributed by atoms with van der Waals surface area (Å²) in [5.41, 5.74) is 5.59. The van der Waals surface area contributed by atoms with E-state index in [0.29, 0.717) is 17.8 Å². The number of urea groups is 1. The molecule has 190 valence electrons. The molecule has 36 heavy (non-hydrogen) atoms. The van der Waals surface area contributed by atoms with E-state index in [1.165, 1.54) is 18.2 Å². The van der Waals surface area contributed by atoms with Gasteiger partial charge in [0.2, 0.25) is 0 Å². The Morgan fingerprint density at radius 3 is 2.61 bits per heavy atom. The summed E-state index contributed by atoms with van der Waals surface area (Å²) in [6.07, 6.45) is 1.93. The van der Waals surface area contributed by atoms with E-state index in [4.69, 9.17) is 10.5 Å². The second-order valence-corrected chi connectivity index (χ2v) is 9.52. The first-order valence-electron chi connectivity index (χ1n) is 11.6. The minimum Gasteiger partial charge on any atom is -0.481 e. The molecule has 0 aliphatic carbocycles. The van der Waals surface area contributed by atoms with Crippen LogP contribution in [0, 0.1) is 17.5 Å². The molecule has 1 aliphatic rings. The summed E-state index contributed by atoms with van der Waals surface area (Å²) in [6.45, 7) is 8.43. The van der Waals surface area contributed by atoms with E-state index in [0.717, 1.165) is 12.6 Å². The number of nitrogens with one attached hydrogen (secondary N) is 1. The van der Waals surface area contributed by atoms with Crippen LogP contribution in [0.2, 0.25) is 0 Å². The Morgan fingerprint density at radius 2 is 1.94 bits per heavy atom. The summed E-state index contributed by atoms with van der Waals surface area (Å²) >= 11 is 0. The van der Waals surface area contributed by atoms with Gasteiger partial charge in [0.25, 0.3) is 0 Å². The average molecular weight is 500 g/mol. The Hall–Kier alpha value is -3.82. The highest BCUT2D eigenvalue weighted by Crippen LogP contribution is 2.43. The van der Waals surface area contributed by atoms with Gasteiger partial charge in [0.05, 0.1) is 24.1 Å². The molecule has 1 aromatic heterocycles. The van der Waals surface area contributed by atoms with Crippen LogP contribution in [0.4, 0.5) is 29.3 Å². The minimum atomic E-state index is -0.883. The van der Waals surface area contributed by atoms with E-state index in [1.54, 1.807) is 12.1 Å². The van der Waals surface area contributed by atoms with Crippen LogP contribution in [-0.2, 0) is 6.42 Å². The van der Waals surface area contributed by atoms with Crippen molar-refractivity contribution in [2.75, 3.05) is 16.8 Å². The molecule has 3 aromatic rings. The molecule has 2 aromatic carbocycles. The third-order valence-electron chi connectivity index (χ3n) is 6.11. The molecule has 2 amide bonds. The summed E-state index contributed by atoms with van der Waals surface area (Å²) in [4.78, 5) is 21.4. The quantitative estimate of drug-likeness (QED) is 0.473. The predicted octanol–water partition coefficient (Wildman–Crippen LogP) is 5.42. The number of fused-ring (bicyclic) bond motifs is 1. The average Bonchev–Trinajstić information content (AvgIpc) is 2.81. The summed E-state index contributed by atoms with van der Waals surface area (Å²) in [7, 11) is 0. The molecule has 7 nitrogen and oxygen atoms in total. The van der Waals surface area contributed by atoms with Gasteiger partial charge in [-0.05, 0) is 57.0 Å². The maximum absolute atomic E-state index is 15.3. The molecule has 1 aliphatic heterocycles. The largest absolute Gasteiger partial charge is 0.481 e. The normalized spacial score (nSPS) is 15.1. The highest BCUT2D eigenvalue weighted by Gasteiger charge is 2.36. The van der Waals surface area contributed by atoms with Crippen LogP contribution in [0.5, 0.6) is 5.75 Å². The molecule has 1 atom stereocenters. The number of aromatic nitrogens is 2. The Balaban J connectivity index is 1.70. The predicted molar refractivity (Wildman–Crippen MR) is 132 cm³/mol. The highest BCUT2D eigenvalue weighted by molar-refractivity contribution is 5.87. The lowest BCUT2D eigenvalue weighted by molar-refractivity contribution is 0.0960. The monoisotopic (exact) mass is 499 g/mol. The van der Waals surface area contributed by atoms with Crippen LogP contribution in [0.25, 0.3) is 11.3 Å². The van der Waals surface area contributed by atoms with E-state index in [9.17, 15) is 13.6 Å². The molecule has 0 radical (unpaired) electrons. The molecule has 0 saturated heterocycles. The van der Waals surface area contributed by atoms with Crippen molar-refractivity contribution >= 4 is 17.4 Å². The second-order valence-electron chi connectivity index (χ2n) is 9.52. The molecule has 0 saturated carbocycles. The number of nitrogens with two attached hydrogens (primary N) is 1. The first kappa shape index (κ1) is 25.3. The molecule has 0 bridgehead atoms. The maximum Gasteiger partial charge on any atom is 0.316 e. The number of carbonyl (C=O) groups is 1. The minimum absolute atomic E-state index is 0.0623. The molecule has 0 fully saturated rings. The van der Waals surface area contributed by atoms with Gasteiger partial charge in [-0.15, -0.1) is 0 Å². The van der Waals surface area contributed by atoms with Crippen molar-refractivity contribution in [3.8, 4) is 17.0 Å². The fourth-order valence-corrected chi connectivity index (χ4v) is 4.22. The van der Waals surface area contributed by atoms with Crippen molar-refractivity contribution in [1.29, 1.82) is 0 Å². The number of ether oxygens (including phenoxy) is 1. The molecular weight excluding hydrogens is 471 g/mol. The van der Waals surface area contributed by atoms with Crippen LogP contribution < -0.4 is 20.7 Å². The summed E-state index contributed by atoms with van der Waals surface area (Å²) in [5.74, 6) is -1.65. The van der Waals surface area contributed by atoms with Gasteiger partial charge >= 0.3 is 6.03 Å². The second kappa shape index (κ2) is 9.67. The molecule has 4 rings (SSSR count). The zero-order valence-corrected chi connectivity index (χ0v) is 20.5. The molecular formula is C26H28F3N5O2. The Bertz CT molecular complexity index is 1310. The smallest absolute Gasteiger partial charge is 0.316 e. The van der Waals surface area contributed by atoms with Crippen LogP contribution in [0.1, 0.15) is 45.5 Å². The van der Waals surface area contributed by atoms with Crippen molar-refractivity contribution in [2.24, 2.45) is 5.73 Å². The molecule has 3 N–H and O–H groups in total. The summed E-state index contributed by atoms with van der Waals surface area (Å²) in [6, 6.07) is 6.25. The lowest BCUT2D eigenvalue weighted by Crippen LogP contribution is -2.50. The van der Waals surface area contributed by atoms with Gasteiger partial charge < -0.3 is 20.7 Å². The maximum atomic E-state index is 15.3. The van der Waals surface area contributed by atoms with Crippen molar-refractivity contribution in [2.45, 2.75) is 52.2 Å². The van der Waals surface area contributed by atoms with Crippen molar-refractivity contribution in [3.63, 3.8) is 0 Å². The van der Waals surface area contributed by atoms with Gasteiger partial charge in [0, 0.05) is 18.0 Å². The van der Waals surface area contributed by atoms with Crippen LogP contribution in [-0.4, -0.2) is 34.2 Å². The highest BCUT2D eigenvalue weighted by atomic mass is 19.1. The molecule has 1 unspecified atom stereocenters. The van der Waals surface area contributed by atoms with Crippen molar-refractivity contribution < 1.29 is 22.7 Å². The Kier molecular flexibility index (Phi) is 6.79. The lowest BCUT2D eigenvalue weighted by atomic mass is 10.00. The third-order valence-corrected chi connectivity index (χ3v) is 6.11. The van der Waals surface area contributed by atoms with Crippen LogP contribution in [0.15, 0.2) is 36.5 Å². The number of hydrogen-bond donors (Lipinski definition) is 2. The number of anilines is 2. The fraction of sp³-hybridized carbons (Fsp3) is 0.346. The SMILES string of the molecule is CCC(C)N1CC(C)(C)Oc2c(F)cc(-c3nc(Cc4ccc(NC(N)=O)c(F)c4)ncc3F)cc21. The number of halogens is 3.